The van der Waals surface area contributed by atoms with E-state index in [2.05, 4.69) is 17.3 Å². The fourth-order valence-corrected chi connectivity index (χ4v) is 2.79. The number of thiocarbonyl (C=S) groups is 1. The van der Waals surface area contributed by atoms with Crippen LogP contribution in [0, 0.1) is 11.3 Å². The maximum atomic E-state index is 12.2. The van der Waals surface area contributed by atoms with E-state index in [1.807, 2.05) is 19.3 Å². The van der Waals surface area contributed by atoms with E-state index in [0.29, 0.717) is 17.5 Å². The molecule has 98 valence electrons. The molecule has 0 radical (unpaired) electrons. The van der Waals surface area contributed by atoms with Crippen molar-refractivity contribution >= 4 is 23.1 Å². The molecule has 0 aromatic carbocycles. The minimum absolute atomic E-state index is 0.0706. The molecule has 3 N–H and O–H groups in total. The van der Waals surface area contributed by atoms with Gasteiger partial charge in [-0.3, -0.25) is 9.48 Å². The number of nitrogens with zero attached hydrogens (tertiary/aromatic N) is 2. The number of hydrogen-bond donors (Lipinski definition) is 2. The summed E-state index contributed by atoms with van der Waals surface area (Å²) in [5.74, 6) is 0.436. The van der Waals surface area contributed by atoms with Crippen LogP contribution in [0.4, 0.5) is 0 Å². The van der Waals surface area contributed by atoms with E-state index in [-0.39, 0.29) is 5.91 Å². The van der Waals surface area contributed by atoms with Gasteiger partial charge in [0.25, 0.3) is 0 Å². The van der Waals surface area contributed by atoms with Crippen molar-refractivity contribution in [2.45, 2.75) is 26.3 Å². The standard InChI is InChI=1S/C12H18N4OS/c1-8-5-12(6-8,10(13)18)11(17)14-7-9-3-4-16(2)15-9/h3-4,8H,5-7H2,1-2H3,(H2,13,18)(H,14,17). The van der Waals surface area contributed by atoms with Gasteiger partial charge in [-0.05, 0) is 24.8 Å². The molecule has 1 aliphatic rings. The number of aromatic nitrogens is 2. The summed E-state index contributed by atoms with van der Waals surface area (Å²) in [6.07, 6.45) is 3.34. The van der Waals surface area contributed by atoms with Crippen LogP contribution in [0.3, 0.4) is 0 Å². The number of carbonyl (C=O) groups is 1. The Bertz CT molecular complexity index is 476. The van der Waals surface area contributed by atoms with Gasteiger partial charge in [0, 0.05) is 13.2 Å². The summed E-state index contributed by atoms with van der Waals surface area (Å²) in [5, 5.41) is 7.08. The molecule has 0 unspecified atom stereocenters. The lowest BCUT2D eigenvalue weighted by Gasteiger charge is -2.44. The van der Waals surface area contributed by atoms with Crippen LogP contribution in [0.2, 0.25) is 0 Å². The minimum Gasteiger partial charge on any atom is -0.392 e. The van der Waals surface area contributed by atoms with E-state index in [9.17, 15) is 4.79 Å². The second-order valence-electron chi connectivity index (χ2n) is 5.12. The summed E-state index contributed by atoms with van der Waals surface area (Å²) in [7, 11) is 1.84. The van der Waals surface area contributed by atoms with Gasteiger partial charge in [0.2, 0.25) is 5.91 Å². The second kappa shape index (κ2) is 4.68. The average Bonchev–Trinajstić information content (AvgIpc) is 2.67. The first kappa shape index (κ1) is 13.0. The molecule has 1 saturated carbocycles. The number of nitrogens with one attached hydrogen (secondary N) is 1. The van der Waals surface area contributed by atoms with E-state index in [0.717, 1.165) is 18.5 Å². The monoisotopic (exact) mass is 266 g/mol. The molecular formula is C12H18N4OS. The Kier molecular flexibility index (Phi) is 3.38. The molecule has 18 heavy (non-hydrogen) atoms. The number of nitrogens with two attached hydrogens (primary N) is 1. The molecule has 1 amide bonds. The molecule has 1 fully saturated rings. The van der Waals surface area contributed by atoms with Crippen molar-refractivity contribution in [3.63, 3.8) is 0 Å². The van der Waals surface area contributed by atoms with Crippen LogP contribution in [-0.4, -0.2) is 20.7 Å². The molecular weight excluding hydrogens is 248 g/mol. The summed E-state index contributed by atoms with van der Waals surface area (Å²) in [5.41, 5.74) is 5.91. The summed E-state index contributed by atoms with van der Waals surface area (Å²) in [4.78, 5) is 12.5. The van der Waals surface area contributed by atoms with Crippen molar-refractivity contribution in [2.75, 3.05) is 0 Å². The van der Waals surface area contributed by atoms with Gasteiger partial charge in [-0.2, -0.15) is 5.10 Å². The normalized spacial score (nSPS) is 26.4. The van der Waals surface area contributed by atoms with Crippen LogP contribution in [0.15, 0.2) is 12.3 Å². The molecule has 1 aliphatic carbocycles. The lowest BCUT2D eigenvalue weighted by molar-refractivity contribution is -0.133. The van der Waals surface area contributed by atoms with Gasteiger partial charge in [-0.25, -0.2) is 0 Å². The molecule has 1 aromatic heterocycles. The molecule has 0 atom stereocenters. The van der Waals surface area contributed by atoms with Crippen LogP contribution in [0.5, 0.6) is 0 Å². The van der Waals surface area contributed by atoms with Gasteiger partial charge < -0.3 is 11.1 Å². The summed E-state index contributed by atoms with van der Waals surface area (Å²) >= 11 is 5.04. The third-order valence-corrected chi connectivity index (χ3v) is 3.89. The highest BCUT2D eigenvalue weighted by Gasteiger charge is 2.50. The molecule has 1 aromatic rings. The number of aryl methyl sites for hydroxylation is 1. The van der Waals surface area contributed by atoms with E-state index in [1.54, 1.807) is 4.68 Å². The molecule has 5 nitrogen and oxygen atoms in total. The van der Waals surface area contributed by atoms with Crippen molar-refractivity contribution in [2.24, 2.45) is 24.1 Å². The topological polar surface area (TPSA) is 72.9 Å². The average molecular weight is 266 g/mol. The summed E-state index contributed by atoms with van der Waals surface area (Å²) in [6.45, 7) is 2.51. The molecule has 0 saturated heterocycles. The molecule has 1 heterocycles. The van der Waals surface area contributed by atoms with Gasteiger partial charge in [-0.1, -0.05) is 19.1 Å². The highest BCUT2D eigenvalue weighted by molar-refractivity contribution is 7.80. The van der Waals surface area contributed by atoms with Crippen LogP contribution in [0.25, 0.3) is 0 Å². The SMILES string of the molecule is CC1CC(C(=O)NCc2ccn(C)n2)(C(N)=S)C1. The van der Waals surface area contributed by atoms with Crippen LogP contribution >= 0.6 is 12.2 Å². The fraction of sp³-hybridized carbons (Fsp3) is 0.583. The van der Waals surface area contributed by atoms with Gasteiger partial charge in [0.05, 0.1) is 22.6 Å². The predicted molar refractivity (Wildman–Crippen MR) is 72.7 cm³/mol. The quantitative estimate of drug-likeness (QED) is 0.788. The Morgan fingerprint density at radius 2 is 2.39 bits per heavy atom. The lowest BCUT2D eigenvalue weighted by atomic mass is 9.62. The highest BCUT2D eigenvalue weighted by atomic mass is 32.1. The third-order valence-electron chi connectivity index (χ3n) is 3.50. The third kappa shape index (κ3) is 2.25. The Morgan fingerprint density at radius 3 is 2.83 bits per heavy atom. The first-order valence-electron chi connectivity index (χ1n) is 6.01. The van der Waals surface area contributed by atoms with Crippen molar-refractivity contribution in [3.8, 4) is 0 Å². The maximum Gasteiger partial charge on any atom is 0.233 e. The van der Waals surface area contributed by atoms with E-state index in [1.165, 1.54) is 0 Å². The molecule has 0 spiro atoms. The minimum atomic E-state index is -0.635. The van der Waals surface area contributed by atoms with Gasteiger partial charge in [0.15, 0.2) is 0 Å². The Balaban J connectivity index is 1.97. The smallest absolute Gasteiger partial charge is 0.233 e. The first-order valence-corrected chi connectivity index (χ1v) is 6.41. The number of hydrogen-bond acceptors (Lipinski definition) is 3. The van der Waals surface area contributed by atoms with Crippen LogP contribution in [0.1, 0.15) is 25.5 Å². The van der Waals surface area contributed by atoms with E-state index in [4.69, 9.17) is 18.0 Å². The van der Waals surface area contributed by atoms with Crippen molar-refractivity contribution < 1.29 is 4.79 Å². The fourth-order valence-electron chi connectivity index (χ4n) is 2.53. The Morgan fingerprint density at radius 1 is 1.72 bits per heavy atom. The zero-order valence-corrected chi connectivity index (χ0v) is 11.5. The first-order chi connectivity index (χ1) is 8.44. The number of carbonyl (C=O) groups excluding carboxylic acids is 1. The van der Waals surface area contributed by atoms with Gasteiger partial charge in [0.1, 0.15) is 0 Å². The maximum absolute atomic E-state index is 12.2. The second-order valence-corrected chi connectivity index (χ2v) is 5.56. The van der Waals surface area contributed by atoms with Crippen molar-refractivity contribution in [3.05, 3.63) is 18.0 Å². The van der Waals surface area contributed by atoms with Gasteiger partial charge in [-0.15, -0.1) is 0 Å². The zero-order valence-electron chi connectivity index (χ0n) is 10.6. The van der Waals surface area contributed by atoms with E-state index >= 15 is 0 Å². The predicted octanol–water partition coefficient (Wildman–Crippen LogP) is 0.739. The van der Waals surface area contributed by atoms with E-state index < -0.39 is 5.41 Å². The number of rotatable bonds is 4. The van der Waals surface area contributed by atoms with Gasteiger partial charge >= 0.3 is 0 Å². The Hall–Kier alpha value is -1.43. The lowest BCUT2D eigenvalue weighted by Crippen LogP contribution is -2.55. The Labute approximate surface area is 112 Å². The molecule has 2 rings (SSSR count). The van der Waals surface area contributed by atoms with Crippen LogP contribution in [-0.2, 0) is 18.4 Å². The number of amides is 1. The summed E-state index contributed by atoms with van der Waals surface area (Å²) in [6, 6.07) is 1.87. The summed E-state index contributed by atoms with van der Waals surface area (Å²) < 4.78 is 1.70. The van der Waals surface area contributed by atoms with Crippen molar-refractivity contribution in [1.82, 2.24) is 15.1 Å². The van der Waals surface area contributed by atoms with Crippen molar-refractivity contribution in [1.29, 1.82) is 0 Å². The molecule has 0 bridgehead atoms. The molecule has 0 aliphatic heterocycles. The molecule has 6 heteroatoms. The zero-order chi connectivity index (χ0) is 13.3. The van der Waals surface area contributed by atoms with Crippen LogP contribution < -0.4 is 11.1 Å². The highest BCUT2D eigenvalue weighted by Crippen LogP contribution is 2.45. The largest absolute Gasteiger partial charge is 0.392 e.